The fourth-order valence-electron chi connectivity index (χ4n) is 3.23. The summed E-state index contributed by atoms with van der Waals surface area (Å²) in [6, 6.07) is 0. The lowest BCUT2D eigenvalue weighted by Crippen LogP contribution is -2.48. The number of likely N-dealkylation sites (N-methyl/N-ethyl adjacent to an activating group) is 1. The minimum Gasteiger partial charge on any atom is -0.391 e. The third-order valence-electron chi connectivity index (χ3n) is 4.86. The number of aliphatic hydroxyl groups is 1. The smallest absolute Gasteiger partial charge is 0.231 e. The van der Waals surface area contributed by atoms with Crippen LogP contribution >= 0.6 is 23.2 Å². The molecule has 0 radical (unpaired) electrons. The number of rotatable bonds is 10. The largest absolute Gasteiger partial charge is 0.391 e. The standard InChI is InChI=1S/C20H27Cl2FN6O2/c1-3-4-5-14(21)15(22)9-28(2)20-18(23)19(26-12-27-20)25-8-13-6-7-29(10-16(13)30)11-17(24)31/h3-5,12-13,16,30H,1,6-11H2,2H3,(H2,24,31)(H,25,26,27)/b5-4-,15-14+/t13-,16+/m0/s1. The highest BCUT2D eigenvalue weighted by molar-refractivity contribution is 6.40. The molecule has 0 unspecified atom stereocenters. The van der Waals surface area contributed by atoms with E-state index >= 15 is 0 Å². The summed E-state index contributed by atoms with van der Waals surface area (Å²) in [5, 5.41) is 13.9. The van der Waals surface area contributed by atoms with Gasteiger partial charge in [0, 0.05) is 26.1 Å². The zero-order chi connectivity index (χ0) is 23.0. The molecular formula is C20H27Cl2FN6O2. The number of nitrogens with one attached hydrogen (secondary N) is 1. The Bertz CT molecular complexity index is 851. The molecule has 0 spiro atoms. The van der Waals surface area contributed by atoms with E-state index in [9.17, 15) is 14.3 Å². The Hall–Kier alpha value is -2.20. The van der Waals surface area contributed by atoms with Crippen molar-refractivity contribution in [2.45, 2.75) is 12.5 Å². The van der Waals surface area contributed by atoms with E-state index in [1.165, 1.54) is 11.2 Å². The Morgan fingerprint density at radius 3 is 2.90 bits per heavy atom. The molecule has 0 bridgehead atoms. The second kappa shape index (κ2) is 12.0. The number of aromatic nitrogens is 2. The van der Waals surface area contributed by atoms with Gasteiger partial charge in [-0.3, -0.25) is 9.69 Å². The quantitative estimate of drug-likeness (QED) is 0.447. The highest BCUT2D eigenvalue weighted by atomic mass is 35.5. The molecule has 1 amide bonds. The van der Waals surface area contributed by atoms with Crippen molar-refractivity contribution in [2.75, 3.05) is 50.0 Å². The summed E-state index contributed by atoms with van der Waals surface area (Å²) >= 11 is 12.3. The van der Waals surface area contributed by atoms with Crippen LogP contribution in [0.5, 0.6) is 0 Å². The summed E-state index contributed by atoms with van der Waals surface area (Å²) in [4.78, 5) is 22.3. The van der Waals surface area contributed by atoms with Crippen LogP contribution in [0.2, 0.25) is 0 Å². The number of allylic oxidation sites excluding steroid dienone is 4. The first-order valence-electron chi connectivity index (χ1n) is 9.70. The molecule has 1 aromatic heterocycles. The molecule has 2 rings (SSSR count). The number of amides is 1. The molecule has 170 valence electrons. The SMILES string of the molecule is C=C/C=C\C(Cl)=C(/Cl)CN(C)c1ncnc(NC[C@@H]2CCN(CC(N)=O)C[C@H]2O)c1F. The number of hydrogen-bond donors (Lipinski definition) is 3. The van der Waals surface area contributed by atoms with Crippen LogP contribution < -0.4 is 16.0 Å². The van der Waals surface area contributed by atoms with Crippen molar-refractivity contribution < 1.29 is 14.3 Å². The van der Waals surface area contributed by atoms with Crippen LogP contribution in [0.25, 0.3) is 0 Å². The molecule has 8 nitrogen and oxygen atoms in total. The lowest BCUT2D eigenvalue weighted by atomic mass is 9.94. The molecule has 2 atom stereocenters. The maximum Gasteiger partial charge on any atom is 0.231 e. The van der Waals surface area contributed by atoms with Gasteiger partial charge in [-0.15, -0.1) is 0 Å². The molecule has 0 aromatic carbocycles. The van der Waals surface area contributed by atoms with E-state index in [0.29, 0.717) is 36.1 Å². The monoisotopic (exact) mass is 472 g/mol. The lowest BCUT2D eigenvalue weighted by molar-refractivity contribution is -0.120. The molecule has 2 heterocycles. The molecule has 0 aliphatic carbocycles. The first kappa shape index (κ1) is 25.1. The summed E-state index contributed by atoms with van der Waals surface area (Å²) in [5.74, 6) is -1.09. The van der Waals surface area contributed by atoms with Crippen molar-refractivity contribution >= 4 is 40.7 Å². The normalized spacial score (nSPS) is 20.4. The Morgan fingerprint density at radius 2 is 2.26 bits per heavy atom. The average Bonchev–Trinajstić information content (AvgIpc) is 2.71. The predicted octanol–water partition coefficient (Wildman–Crippen LogP) is 2.06. The highest BCUT2D eigenvalue weighted by Gasteiger charge is 2.28. The molecule has 11 heteroatoms. The van der Waals surface area contributed by atoms with Crippen LogP contribution in [-0.2, 0) is 4.79 Å². The molecule has 1 fully saturated rings. The number of likely N-dealkylation sites (tertiary alicyclic amines) is 1. The molecule has 1 aromatic rings. The number of halogens is 3. The minimum absolute atomic E-state index is 0.0290. The number of nitrogens with two attached hydrogens (primary N) is 1. The second-order valence-corrected chi connectivity index (χ2v) is 8.13. The van der Waals surface area contributed by atoms with Gasteiger partial charge < -0.3 is 21.1 Å². The van der Waals surface area contributed by atoms with Crippen LogP contribution in [0, 0.1) is 11.7 Å². The average molecular weight is 473 g/mol. The number of hydrogen-bond acceptors (Lipinski definition) is 7. The van der Waals surface area contributed by atoms with E-state index in [1.807, 2.05) is 0 Å². The van der Waals surface area contributed by atoms with Crippen LogP contribution in [0.3, 0.4) is 0 Å². The Labute approximate surface area is 191 Å². The fourth-order valence-corrected chi connectivity index (χ4v) is 3.60. The Kier molecular flexibility index (Phi) is 9.70. The maximum atomic E-state index is 15.0. The number of carbonyl (C=O) groups is 1. The third-order valence-corrected chi connectivity index (χ3v) is 5.64. The van der Waals surface area contributed by atoms with Crippen molar-refractivity contribution in [3.63, 3.8) is 0 Å². The fraction of sp³-hybridized carbons (Fsp3) is 0.450. The molecule has 1 aliphatic rings. The summed E-state index contributed by atoms with van der Waals surface area (Å²) in [6.45, 7) is 5.09. The van der Waals surface area contributed by atoms with Gasteiger partial charge in [0.15, 0.2) is 11.6 Å². The summed E-state index contributed by atoms with van der Waals surface area (Å²) < 4.78 is 15.0. The summed E-state index contributed by atoms with van der Waals surface area (Å²) in [6.07, 6.45) is 6.02. The number of primary amides is 1. The maximum absolute atomic E-state index is 15.0. The first-order valence-corrected chi connectivity index (χ1v) is 10.5. The van der Waals surface area contributed by atoms with E-state index in [4.69, 9.17) is 28.9 Å². The van der Waals surface area contributed by atoms with Crippen molar-refractivity contribution in [3.05, 3.63) is 47.0 Å². The lowest BCUT2D eigenvalue weighted by Gasteiger charge is -2.35. The minimum atomic E-state index is -0.664. The Morgan fingerprint density at radius 1 is 1.52 bits per heavy atom. The Balaban J connectivity index is 2.00. The van der Waals surface area contributed by atoms with Gasteiger partial charge in [0.2, 0.25) is 11.7 Å². The van der Waals surface area contributed by atoms with Crippen LogP contribution in [0.4, 0.5) is 16.0 Å². The summed E-state index contributed by atoms with van der Waals surface area (Å²) in [5.41, 5.74) is 5.20. The van der Waals surface area contributed by atoms with Crippen molar-refractivity contribution in [1.82, 2.24) is 14.9 Å². The number of carbonyl (C=O) groups excluding carboxylic acids is 1. The van der Waals surface area contributed by atoms with Gasteiger partial charge in [0.25, 0.3) is 0 Å². The van der Waals surface area contributed by atoms with E-state index in [-0.39, 0.29) is 30.6 Å². The first-order chi connectivity index (χ1) is 14.7. The van der Waals surface area contributed by atoms with Crippen LogP contribution in [-0.4, -0.2) is 71.8 Å². The number of anilines is 2. The van der Waals surface area contributed by atoms with Gasteiger partial charge >= 0.3 is 0 Å². The second-order valence-electron chi connectivity index (χ2n) is 7.26. The van der Waals surface area contributed by atoms with Gasteiger partial charge in [-0.25, -0.2) is 9.97 Å². The topological polar surface area (TPSA) is 108 Å². The van der Waals surface area contributed by atoms with Crippen molar-refractivity contribution in [1.29, 1.82) is 0 Å². The van der Waals surface area contributed by atoms with Gasteiger partial charge in [-0.1, -0.05) is 41.9 Å². The molecule has 4 N–H and O–H groups in total. The van der Waals surface area contributed by atoms with Crippen LogP contribution in [0.15, 0.2) is 41.2 Å². The third kappa shape index (κ3) is 7.46. The van der Waals surface area contributed by atoms with Gasteiger partial charge in [-0.2, -0.15) is 4.39 Å². The van der Waals surface area contributed by atoms with E-state index < -0.39 is 17.8 Å². The summed E-state index contributed by atoms with van der Waals surface area (Å²) in [7, 11) is 1.64. The predicted molar refractivity (Wildman–Crippen MR) is 122 cm³/mol. The molecule has 31 heavy (non-hydrogen) atoms. The number of aliphatic hydroxyl groups excluding tert-OH is 1. The molecule has 1 saturated heterocycles. The number of nitrogens with zero attached hydrogens (tertiary/aromatic N) is 4. The highest BCUT2D eigenvalue weighted by Crippen LogP contribution is 2.25. The van der Waals surface area contributed by atoms with E-state index in [0.717, 1.165) is 0 Å². The van der Waals surface area contributed by atoms with Gasteiger partial charge in [-0.05, 0) is 19.0 Å². The van der Waals surface area contributed by atoms with Crippen molar-refractivity contribution in [2.24, 2.45) is 11.7 Å². The van der Waals surface area contributed by atoms with E-state index in [1.54, 1.807) is 30.2 Å². The number of piperidine rings is 1. The molecule has 1 aliphatic heterocycles. The van der Waals surface area contributed by atoms with E-state index in [2.05, 4.69) is 21.9 Å². The van der Waals surface area contributed by atoms with Gasteiger partial charge in [0.1, 0.15) is 6.33 Å². The number of β-amino-alcohol motifs (C(OH)–C–C–N with tert-alkyl or cyclic N) is 1. The molecule has 0 saturated carbocycles. The van der Waals surface area contributed by atoms with Crippen LogP contribution in [0.1, 0.15) is 6.42 Å². The zero-order valence-corrected chi connectivity index (χ0v) is 18.8. The zero-order valence-electron chi connectivity index (χ0n) is 17.3. The molecular weight excluding hydrogens is 446 g/mol. The van der Waals surface area contributed by atoms with Crippen molar-refractivity contribution in [3.8, 4) is 0 Å². The van der Waals surface area contributed by atoms with Gasteiger partial charge in [0.05, 0.1) is 29.3 Å².